The first-order valence-electron chi connectivity index (χ1n) is 5.99. The Morgan fingerprint density at radius 3 is 3.00 bits per heavy atom. The summed E-state index contributed by atoms with van der Waals surface area (Å²) in [6.45, 7) is 2.69. The van der Waals surface area contributed by atoms with E-state index in [-0.39, 0.29) is 0 Å². The number of nitrogens with one attached hydrogen (secondary N) is 2. The van der Waals surface area contributed by atoms with E-state index >= 15 is 0 Å². The van der Waals surface area contributed by atoms with Crippen LogP contribution >= 0.6 is 15.9 Å². The van der Waals surface area contributed by atoms with Crippen molar-refractivity contribution in [3.8, 4) is 11.6 Å². The lowest BCUT2D eigenvalue weighted by Gasteiger charge is -2.07. The molecule has 2 N–H and O–H groups in total. The number of hydrogen-bond acceptors (Lipinski definition) is 6. The van der Waals surface area contributed by atoms with E-state index in [9.17, 15) is 0 Å². The highest BCUT2D eigenvalue weighted by molar-refractivity contribution is 9.10. The molecule has 3 rings (SSSR count). The molecule has 3 aromatic rings. The van der Waals surface area contributed by atoms with Gasteiger partial charge in [0.2, 0.25) is 11.8 Å². The summed E-state index contributed by atoms with van der Waals surface area (Å²) >= 11 is 3.35. The lowest BCUT2D eigenvalue weighted by molar-refractivity contribution is 0.466. The second-order valence-electron chi connectivity index (χ2n) is 3.96. The molecular formula is C12H11BrN6O. The largest absolute Gasteiger partial charge is 0.436 e. The zero-order valence-corrected chi connectivity index (χ0v) is 12.2. The van der Waals surface area contributed by atoms with E-state index in [1.165, 1.54) is 0 Å². The minimum Gasteiger partial charge on any atom is -0.436 e. The Hall–Kier alpha value is -2.22. The van der Waals surface area contributed by atoms with Crippen LogP contribution in [0.2, 0.25) is 0 Å². The third kappa shape index (κ3) is 2.55. The SMILES string of the molecule is CCNc1nc(Oc2cncc(Br)c2)c2cn[nH]c2n1. The van der Waals surface area contributed by atoms with Crippen LogP contribution < -0.4 is 10.1 Å². The van der Waals surface area contributed by atoms with Crippen LogP contribution in [-0.2, 0) is 0 Å². The summed E-state index contributed by atoms with van der Waals surface area (Å²) in [5.41, 5.74) is 0.619. The molecule has 0 radical (unpaired) electrons. The molecule has 0 aliphatic heterocycles. The van der Waals surface area contributed by atoms with Crippen LogP contribution in [0.5, 0.6) is 11.6 Å². The molecule has 0 spiro atoms. The van der Waals surface area contributed by atoms with Gasteiger partial charge in [-0.15, -0.1) is 0 Å². The number of aromatic amines is 1. The van der Waals surface area contributed by atoms with Crippen molar-refractivity contribution < 1.29 is 4.74 Å². The van der Waals surface area contributed by atoms with Gasteiger partial charge in [0, 0.05) is 17.2 Å². The van der Waals surface area contributed by atoms with Crippen molar-refractivity contribution in [1.82, 2.24) is 25.1 Å². The summed E-state index contributed by atoms with van der Waals surface area (Å²) in [6.07, 6.45) is 4.93. The number of ether oxygens (including phenoxy) is 1. The number of fused-ring (bicyclic) bond motifs is 1. The quantitative estimate of drug-likeness (QED) is 0.762. The van der Waals surface area contributed by atoms with Gasteiger partial charge in [-0.3, -0.25) is 10.1 Å². The zero-order valence-electron chi connectivity index (χ0n) is 10.6. The number of halogens is 1. The van der Waals surface area contributed by atoms with Gasteiger partial charge in [-0.2, -0.15) is 15.1 Å². The monoisotopic (exact) mass is 334 g/mol. The van der Waals surface area contributed by atoms with Crippen molar-refractivity contribution in [3.63, 3.8) is 0 Å². The summed E-state index contributed by atoms with van der Waals surface area (Å²) in [7, 11) is 0. The number of anilines is 1. The minimum absolute atomic E-state index is 0.430. The number of nitrogens with zero attached hydrogens (tertiary/aromatic N) is 4. The van der Waals surface area contributed by atoms with Crippen molar-refractivity contribution in [1.29, 1.82) is 0 Å². The van der Waals surface area contributed by atoms with E-state index in [4.69, 9.17) is 4.74 Å². The fourth-order valence-electron chi connectivity index (χ4n) is 1.68. The molecule has 20 heavy (non-hydrogen) atoms. The molecule has 0 atom stereocenters. The molecule has 0 fully saturated rings. The molecule has 0 unspecified atom stereocenters. The Labute approximate surface area is 122 Å². The van der Waals surface area contributed by atoms with Gasteiger partial charge >= 0.3 is 0 Å². The molecule has 7 nitrogen and oxygen atoms in total. The second kappa shape index (κ2) is 5.41. The first-order valence-corrected chi connectivity index (χ1v) is 6.79. The van der Waals surface area contributed by atoms with Crippen molar-refractivity contribution in [2.75, 3.05) is 11.9 Å². The fourth-order valence-corrected chi connectivity index (χ4v) is 2.03. The Morgan fingerprint density at radius 1 is 1.30 bits per heavy atom. The molecule has 0 saturated carbocycles. The summed E-state index contributed by atoms with van der Waals surface area (Å²) in [5, 5.41) is 10.5. The van der Waals surface area contributed by atoms with Gasteiger partial charge in [-0.05, 0) is 28.9 Å². The minimum atomic E-state index is 0.430. The number of H-pyrrole nitrogens is 1. The first-order chi connectivity index (χ1) is 9.76. The Bertz CT molecular complexity index is 744. The molecule has 3 heterocycles. The van der Waals surface area contributed by atoms with Crippen LogP contribution in [-0.4, -0.2) is 31.7 Å². The summed E-state index contributed by atoms with van der Waals surface area (Å²) in [6, 6.07) is 1.81. The fraction of sp³-hybridized carbons (Fsp3) is 0.167. The molecule has 0 saturated heterocycles. The Balaban J connectivity index is 2.02. The van der Waals surface area contributed by atoms with Crippen LogP contribution in [0.4, 0.5) is 5.95 Å². The zero-order chi connectivity index (χ0) is 13.9. The van der Waals surface area contributed by atoms with Gasteiger partial charge < -0.3 is 10.1 Å². The van der Waals surface area contributed by atoms with Gasteiger partial charge in [-0.25, -0.2) is 0 Å². The molecule has 0 aliphatic rings. The summed E-state index contributed by atoms with van der Waals surface area (Å²) in [5.74, 6) is 1.50. The maximum atomic E-state index is 5.77. The van der Waals surface area contributed by atoms with Gasteiger partial charge in [-0.1, -0.05) is 0 Å². The number of aromatic nitrogens is 5. The molecule has 0 aromatic carbocycles. The van der Waals surface area contributed by atoms with Gasteiger partial charge in [0.1, 0.15) is 11.1 Å². The predicted octanol–water partition coefficient (Wildman–Crippen LogP) is 2.73. The summed E-state index contributed by atoms with van der Waals surface area (Å²) in [4.78, 5) is 12.7. The molecule has 8 heteroatoms. The maximum absolute atomic E-state index is 5.77. The summed E-state index contributed by atoms with van der Waals surface area (Å²) < 4.78 is 6.61. The van der Waals surface area contributed by atoms with E-state index in [1.807, 2.05) is 13.0 Å². The second-order valence-corrected chi connectivity index (χ2v) is 4.87. The van der Waals surface area contributed by atoms with Gasteiger partial charge in [0.15, 0.2) is 5.65 Å². The molecule has 3 aromatic heterocycles. The molecular weight excluding hydrogens is 324 g/mol. The topological polar surface area (TPSA) is 88.6 Å². The van der Waals surface area contributed by atoms with Crippen LogP contribution in [0.3, 0.4) is 0 Å². The van der Waals surface area contributed by atoms with E-state index < -0.39 is 0 Å². The van der Waals surface area contributed by atoms with Crippen LogP contribution in [0.15, 0.2) is 29.1 Å². The molecule has 0 amide bonds. The standard InChI is InChI=1S/C12H11BrN6O/c1-2-15-12-17-10-9(6-16-19-10)11(18-12)20-8-3-7(13)4-14-5-8/h3-6H,2H2,1H3,(H2,15,16,17,18,19). The average molecular weight is 335 g/mol. The number of hydrogen-bond donors (Lipinski definition) is 2. The smallest absolute Gasteiger partial charge is 0.235 e. The number of rotatable bonds is 4. The van der Waals surface area contributed by atoms with E-state index in [0.29, 0.717) is 28.6 Å². The van der Waals surface area contributed by atoms with Gasteiger partial charge in [0.05, 0.1) is 12.4 Å². The third-order valence-electron chi connectivity index (χ3n) is 2.50. The van der Waals surface area contributed by atoms with Crippen LogP contribution in [0.25, 0.3) is 11.0 Å². The first kappa shape index (κ1) is 12.8. The molecule has 0 aliphatic carbocycles. The van der Waals surface area contributed by atoms with Gasteiger partial charge in [0.25, 0.3) is 0 Å². The van der Waals surface area contributed by atoms with E-state index in [0.717, 1.165) is 11.0 Å². The van der Waals surface area contributed by atoms with E-state index in [2.05, 4.69) is 46.4 Å². The lowest BCUT2D eigenvalue weighted by Crippen LogP contribution is -2.03. The normalized spacial score (nSPS) is 10.7. The van der Waals surface area contributed by atoms with E-state index in [1.54, 1.807) is 18.6 Å². The lowest BCUT2D eigenvalue weighted by atomic mass is 10.4. The highest BCUT2D eigenvalue weighted by atomic mass is 79.9. The highest BCUT2D eigenvalue weighted by Crippen LogP contribution is 2.28. The van der Waals surface area contributed by atoms with Crippen LogP contribution in [0, 0.1) is 0 Å². The molecule has 0 bridgehead atoms. The third-order valence-corrected chi connectivity index (χ3v) is 2.94. The Kier molecular flexibility index (Phi) is 3.46. The average Bonchev–Trinajstić information content (AvgIpc) is 2.87. The maximum Gasteiger partial charge on any atom is 0.235 e. The van der Waals surface area contributed by atoms with Crippen LogP contribution in [0.1, 0.15) is 6.92 Å². The number of pyridine rings is 1. The highest BCUT2D eigenvalue weighted by Gasteiger charge is 2.11. The predicted molar refractivity (Wildman–Crippen MR) is 77.9 cm³/mol. The van der Waals surface area contributed by atoms with Crippen molar-refractivity contribution in [3.05, 3.63) is 29.1 Å². The Morgan fingerprint density at radius 2 is 2.20 bits per heavy atom. The molecule has 102 valence electrons. The van der Waals surface area contributed by atoms with Crippen molar-refractivity contribution >= 4 is 32.9 Å². The van der Waals surface area contributed by atoms with Crippen molar-refractivity contribution in [2.24, 2.45) is 0 Å². The van der Waals surface area contributed by atoms with Crippen molar-refractivity contribution in [2.45, 2.75) is 6.92 Å².